The first-order chi connectivity index (χ1) is 11.4. The molecule has 0 saturated carbocycles. The van der Waals surface area contributed by atoms with Gasteiger partial charge in [-0.3, -0.25) is 0 Å². The van der Waals surface area contributed by atoms with Crippen LogP contribution in [0.5, 0.6) is 11.5 Å². The van der Waals surface area contributed by atoms with Crippen molar-refractivity contribution in [2.75, 3.05) is 6.61 Å². The zero-order chi connectivity index (χ0) is 15.9. The summed E-state index contributed by atoms with van der Waals surface area (Å²) in [5, 5.41) is 0. The van der Waals surface area contributed by atoms with Gasteiger partial charge in [-0.15, -0.1) is 0 Å². The molecule has 23 heavy (non-hydrogen) atoms. The minimum atomic E-state index is 0.533. The molecular weight excluding hydrogens is 284 g/mol. The molecule has 3 rings (SSSR count). The number of hydrogen-bond donors (Lipinski definition) is 0. The molecule has 0 heterocycles. The maximum absolute atomic E-state index is 5.94. The van der Waals surface area contributed by atoms with Gasteiger partial charge in [0.2, 0.25) is 0 Å². The lowest BCUT2D eigenvalue weighted by Crippen LogP contribution is -1.99. The molecule has 0 atom stereocenters. The van der Waals surface area contributed by atoms with Gasteiger partial charge in [0.15, 0.2) is 11.5 Å². The minimum Gasteiger partial charge on any atom is -0.490 e. The van der Waals surface area contributed by atoms with Crippen LogP contribution in [-0.2, 0) is 6.61 Å². The molecule has 3 aromatic rings. The molecule has 116 valence electrons. The molecule has 0 aliphatic heterocycles. The second-order valence-corrected chi connectivity index (χ2v) is 5.23. The Bertz CT molecular complexity index is 736. The Kier molecular flexibility index (Phi) is 4.95. The molecule has 0 fully saturated rings. The van der Waals surface area contributed by atoms with Crippen molar-refractivity contribution in [1.82, 2.24) is 0 Å². The summed E-state index contributed by atoms with van der Waals surface area (Å²) in [5.41, 5.74) is 3.44. The Morgan fingerprint density at radius 2 is 1.35 bits per heavy atom. The van der Waals surface area contributed by atoms with Crippen LogP contribution in [0.25, 0.3) is 11.1 Å². The van der Waals surface area contributed by atoms with Gasteiger partial charge in [-0.1, -0.05) is 66.7 Å². The van der Waals surface area contributed by atoms with Crippen molar-refractivity contribution in [3.63, 3.8) is 0 Å². The van der Waals surface area contributed by atoms with E-state index in [0.717, 1.165) is 22.6 Å². The molecule has 0 bridgehead atoms. The first-order valence-electron chi connectivity index (χ1n) is 7.86. The Morgan fingerprint density at radius 3 is 2.04 bits per heavy atom. The highest BCUT2D eigenvalue weighted by atomic mass is 16.5. The summed E-state index contributed by atoms with van der Waals surface area (Å²) < 4.78 is 11.7. The lowest BCUT2D eigenvalue weighted by atomic mass is 10.1. The highest BCUT2D eigenvalue weighted by molar-refractivity contribution is 5.67. The lowest BCUT2D eigenvalue weighted by molar-refractivity contribution is 0.269. The van der Waals surface area contributed by atoms with E-state index in [2.05, 4.69) is 30.3 Å². The number of hydrogen-bond acceptors (Lipinski definition) is 2. The SMILES string of the molecule is CCOc1cc(-c2ccccc2)ccc1OCc1ccccc1. The summed E-state index contributed by atoms with van der Waals surface area (Å²) in [6.45, 7) is 3.13. The zero-order valence-corrected chi connectivity index (χ0v) is 13.2. The molecule has 0 saturated heterocycles. The molecule has 0 aromatic heterocycles. The quantitative estimate of drug-likeness (QED) is 0.612. The van der Waals surface area contributed by atoms with Gasteiger partial charge in [0.25, 0.3) is 0 Å². The first-order valence-corrected chi connectivity index (χ1v) is 7.86. The lowest BCUT2D eigenvalue weighted by Gasteiger charge is -2.13. The molecule has 0 aliphatic rings. The van der Waals surface area contributed by atoms with E-state index in [1.165, 1.54) is 5.56 Å². The van der Waals surface area contributed by atoms with Crippen LogP contribution in [0.15, 0.2) is 78.9 Å². The van der Waals surface area contributed by atoms with Gasteiger partial charge in [0.05, 0.1) is 6.61 Å². The Labute approximate surface area is 137 Å². The van der Waals surface area contributed by atoms with Gasteiger partial charge in [0, 0.05) is 0 Å². The van der Waals surface area contributed by atoms with Crippen molar-refractivity contribution >= 4 is 0 Å². The summed E-state index contributed by atoms with van der Waals surface area (Å²) in [6.07, 6.45) is 0. The molecule has 0 aliphatic carbocycles. The fraction of sp³-hybridized carbons (Fsp3) is 0.143. The topological polar surface area (TPSA) is 18.5 Å². The highest BCUT2D eigenvalue weighted by Crippen LogP contribution is 2.33. The average molecular weight is 304 g/mol. The smallest absolute Gasteiger partial charge is 0.161 e. The molecule has 3 aromatic carbocycles. The van der Waals surface area contributed by atoms with Crippen LogP contribution in [0.4, 0.5) is 0 Å². The predicted molar refractivity (Wildman–Crippen MR) is 93.8 cm³/mol. The van der Waals surface area contributed by atoms with Crippen LogP contribution in [0.3, 0.4) is 0 Å². The van der Waals surface area contributed by atoms with E-state index in [4.69, 9.17) is 9.47 Å². The van der Waals surface area contributed by atoms with Gasteiger partial charge in [-0.05, 0) is 35.7 Å². The van der Waals surface area contributed by atoms with E-state index in [1.807, 2.05) is 55.5 Å². The molecule has 0 spiro atoms. The molecule has 2 nitrogen and oxygen atoms in total. The van der Waals surface area contributed by atoms with Crippen LogP contribution in [-0.4, -0.2) is 6.61 Å². The average Bonchev–Trinajstić information content (AvgIpc) is 2.62. The number of ether oxygens (including phenoxy) is 2. The summed E-state index contributed by atoms with van der Waals surface area (Å²) in [4.78, 5) is 0. The van der Waals surface area contributed by atoms with Gasteiger partial charge in [-0.25, -0.2) is 0 Å². The van der Waals surface area contributed by atoms with Crippen LogP contribution in [0.1, 0.15) is 12.5 Å². The van der Waals surface area contributed by atoms with Gasteiger partial charge < -0.3 is 9.47 Å². The van der Waals surface area contributed by atoms with Gasteiger partial charge >= 0.3 is 0 Å². The predicted octanol–water partition coefficient (Wildman–Crippen LogP) is 5.33. The summed E-state index contributed by atoms with van der Waals surface area (Å²) in [6, 6.07) is 26.5. The summed E-state index contributed by atoms with van der Waals surface area (Å²) in [5.74, 6) is 1.56. The second kappa shape index (κ2) is 7.50. The van der Waals surface area contributed by atoms with E-state index in [0.29, 0.717) is 13.2 Å². The van der Waals surface area contributed by atoms with Crippen molar-refractivity contribution < 1.29 is 9.47 Å². The molecule has 0 N–H and O–H groups in total. The van der Waals surface area contributed by atoms with E-state index in [9.17, 15) is 0 Å². The number of rotatable bonds is 6. The Morgan fingerprint density at radius 1 is 0.652 bits per heavy atom. The zero-order valence-electron chi connectivity index (χ0n) is 13.2. The maximum Gasteiger partial charge on any atom is 0.161 e. The standard InChI is InChI=1S/C21H20O2/c1-2-22-21-15-19(18-11-7-4-8-12-18)13-14-20(21)23-16-17-9-5-3-6-10-17/h3-15H,2,16H2,1H3. The van der Waals surface area contributed by atoms with Gasteiger partial charge in [-0.2, -0.15) is 0 Å². The van der Waals surface area contributed by atoms with Crippen molar-refractivity contribution in [2.45, 2.75) is 13.5 Å². The molecule has 0 amide bonds. The molecule has 2 heteroatoms. The number of benzene rings is 3. The Balaban J connectivity index is 1.82. The molecule has 0 unspecified atom stereocenters. The third-order valence-electron chi connectivity index (χ3n) is 3.59. The van der Waals surface area contributed by atoms with Crippen molar-refractivity contribution in [1.29, 1.82) is 0 Å². The van der Waals surface area contributed by atoms with Gasteiger partial charge in [0.1, 0.15) is 6.61 Å². The molecular formula is C21H20O2. The highest BCUT2D eigenvalue weighted by Gasteiger charge is 2.08. The second-order valence-electron chi connectivity index (χ2n) is 5.23. The summed E-state index contributed by atoms with van der Waals surface area (Å²) >= 11 is 0. The largest absolute Gasteiger partial charge is 0.490 e. The van der Waals surface area contributed by atoms with Crippen molar-refractivity contribution in [2.24, 2.45) is 0 Å². The van der Waals surface area contributed by atoms with E-state index in [1.54, 1.807) is 0 Å². The maximum atomic E-state index is 5.94. The van der Waals surface area contributed by atoms with Crippen molar-refractivity contribution in [3.05, 3.63) is 84.4 Å². The monoisotopic (exact) mass is 304 g/mol. The first kappa shape index (κ1) is 15.2. The van der Waals surface area contributed by atoms with Crippen LogP contribution in [0, 0.1) is 0 Å². The summed E-state index contributed by atoms with van der Waals surface area (Å²) in [7, 11) is 0. The van der Waals surface area contributed by atoms with Crippen LogP contribution >= 0.6 is 0 Å². The molecule has 0 radical (unpaired) electrons. The fourth-order valence-corrected chi connectivity index (χ4v) is 2.44. The van der Waals surface area contributed by atoms with E-state index in [-0.39, 0.29) is 0 Å². The van der Waals surface area contributed by atoms with Crippen molar-refractivity contribution in [3.8, 4) is 22.6 Å². The van der Waals surface area contributed by atoms with E-state index >= 15 is 0 Å². The fourth-order valence-electron chi connectivity index (χ4n) is 2.44. The Hall–Kier alpha value is -2.74. The third kappa shape index (κ3) is 3.92. The van der Waals surface area contributed by atoms with E-state index < -0.39 is 0 Å². The third-order valence-corrected chi connectivity index (χ3v) is 3.59. The normalized spacial score (nSPS) is 10.3. The van der Waals surface area contributed by atoms with Crippen LogP contribution < -0.4 is 9.47 Å². The minimum absolute atomic E-state index is 0.533. The van der Waals surface area contributed by atoms with Crippen LogP contribution in [0.2, 0.25) is 0 Å².